The van der Waals surface area contributed by atoms with Crippen LogP contribution in [0.15, 0.2) is 36.5 Å². The van der Waals surface area contributed by atoms with Gasteiger partial charge in [-0.05, 0) is 38.5 Å². The van der Waals surface area contributed by atoms with Gasteiger partial charge in [-0.1, -0.05) is 153 Å². The van der Waals surface area contributed by atoms with Gasteiger partial charge in [-0.3, -0.25) is 9.59 Å². The number of aliphatic hydroxyl groups excluding tert-OH is 2. The van der Waals surface area contributed by atoms with Crippen LogP contribution in [0.25, 0.3) is 0 Å². The summed E-state index contributed by atoms with van der Waals surface area (Å²) in [5.41, 5.74) is 0. The Labute approximate surface area is 270 Å². The fourth-order valence-corrected chi connectivity index (χ4v) is 4.94. The van der Waals surface area contributed by atoms with Crippen molar-refractivity contribution in [2.24, 2.45) is 0 Å². The van der Waals surface area contributed by atoms with Crippen LogP contribution in [0, 0.1) is 0 Å². The van der Waals surface area contributed by atoms with Gasteiger partial charge in [-0.15, -0.1) is 0 Å². The summed E-state index contributed by atoms with van der Waals surface area (Å²) in [6, 6.07) is 0. The first-order valence-corrected chi connectivity index (χ1v) is 18.1. The monoisotopic (exact) mass is 621 g/mol. The van der Waals surface area contributed by atoms with E-state index >= 15 is 0 Å². The molecule has 0 bridgehead atoms. The number of aliphatic hydroxyl groups is 2. The minimum Gasteiger partial charge on any atom is -0.463 e. The van der Waals surface area contributed by atoms with Crippen LogP contribution in [0.2, 0.25) is 0 Å². The summed E-state index contributed by atoms with van der Waals surface area (Å²) in [6.45, 7) is 4.06. The van der Waals surface area contributed by atoms with Gasteiger partial charge >= 0.3 is 11.9 Å². The predicted molar refractivity (Wildman–Crippen MR) is 184 cm³/mol. The van der Waals surface area contributed by atoms with E-state index in [2.05, 4.69) is 26.0 Å². The van der Waals surface area contributed by atoms with Crippen LogP contribution in [-0.4, -0.2) is 47.6 Å². The number of rotatable bonds is 32. The Balaban J connectivity index is 3.51. The van der Waals surface area contributed by atoms with Gasteiger partial charge in [-0.25, -0.2) is 0 Å². The largest absolute Gasteiger partial charge is 0.463 e. The summed E-state index contributed by atoms with van der Waals surface area (Å²) < 4.78 is 10.3. The molecule has 0 aromatic rings. The summed E-state index contributed by atoms with van der Waals surface area (Å²) in [4.78, 5) is 23.8. The summed E-state index contributed by atoms with van der Waals surface area (Å²) in [7, 11) is 0. The number of ether oxygens (including phenoxy) is 2. The van der Waals surface area contributed by atoms with E-state index in [9.17, 15) is 19.8 Å². The third kappa shape index (κ3) is 33.0. The van der Waals surface area contributed by atoms with Gasteiger partial charge < -0.3 is 19.7 Å². The normalized spacial score (nSPS) is 13.3. The van der Waals surface area contributed by atoms with Crippen molar-refractivity contribution in [2.45, 2.75) is 180 Å². The van der Waals surface area contributed by atoms with Gasteiger partial charge in [0.05, 0.1) is 6.10 Å². The lowest BCUT2D eigenvalue weighted by molar-refractivity contribution is -0.152. The number of hydrogen-bond acceptors (Lipinski definition) is 6. The number of hydrogen-bond donors (Lipinski definition) is 2. The number of unbranched alkanes of at least 4 members (excludes halogenated alkanes) is 18. The molecule has 0 rings (SSSR count). The molecule has 6 heteroatoms. The first kappa shape index (κ1) is 42.1. The number of carbonyl (C=O) groups is 2. The third-order valence-corrected chi connectivity index (χ3v) is 7.72. The van der Waals surface area contributed by atoms with Crippen molar-refractivity contribution in [3.8, 4) is 0 Å². The van der Waals surface area contributed by atoms with Gasteiger partial charge in [0, 0.05) is 12.8 Å². The van der Waals surface area contributed by atoms with Gasteiger partial charge in [0.1, 0.15) is 19.3 Å². The van der Waals surface area contributed by atoms with E-state index in [1.807, 2.05) is 24.3 Å². The lowest BCUT2D eigenvalue weighted by atomic mass is 10.0. The Kier molecular flexibility index (Phi) is 32.5. The van der Waals surface area contributed by atoms with E-state index in [0.717, 1.165) is 64.2 Å². The maximum atomic E-state index is 11.9. The molecule has 6 nitrogen and oxygen atoms in total. The molecule has 44 heavy (non-hydrogen) atoms. The first-order valence-electron chi connectivity index (χ1n) is 18.1. The van der Waals surface area contributed by atoms with Gasteiger partial charge in [-0.2, -0.15) is 0 Å². The summed E-state index contributed by atoms with van der Waals surface area (Å²) in [6.07, 6.45) is 36.7. The van der Waals surface area contributed by atoms with Crippen molar-refractivity contribution in [3.05, 3.63) is 36.5 Å². The van der Waals surface area contributed by atoms with Gasteiger partial charge in [0.2, 0.25) is 0 Å². The molecule has 1 unspecified atom stereocenters. The Morgan fingerprint density at radius 2 is 1.02 bits per heavy atom. The highest BCUT2D eigenvalue weighted by Gasteiger charge is 2.12. The molecule has 0 aliphatic heterocycles. The zero-order chi connectivity index (χ0) is 32.4. The maximum absolute atomic E-state index is 11.9. The molecule has 2 N–H and O–H groups in total. The maximum Gasteiger partial charge on any atom is 0.305 e. The van der Waals surface area contributed by atoms with Crippen LogP contribution >= 0.6 is 0 Å². The molecule has 0 aliphatic rings. The van der Waals surface area contributed by atoms with E-state index in [4.69, 9.17) is 9.47 Å². The minimum absolute atomic E-state index is 0.133. The highest BCUT2D eigenvalue weighted by Crippen LogP contribution is 2.14. The second kappa shape index (κ2) is 34.0. The summed E-state index contributed by atoms with van der Waals surface area (Å²) in [5.74, 6) is -0.615. The molecule has 0 aliphatic carbocycles. The summed E-state index contributed by atoms with van der Waals surface area (Å²) >= 11 is 0. The molecule has 0 heterocycles. The molecule has 0 fully saturated rings. The summed E-state index contributed by atoms with van der Waals surface area (Å²) in [5, 5.41) is 19.8. The van der Waals surface area contributed by atoms with E-state index in [-0.39, 0.29) is 25.2 Å². The van der Waals surface area contributed by atoms with E-state index in [1.54, 1.807) is 0 Å². The Morgan fingerprint density at radius 3 is 1.50 bits per heavy atom. The molecule has 256 valence electrons. The smallest absolute Gasteiger partial charge is 0.305 e. The highest BCUT2D eigenvalue weighted by atomic mass is 16.6. The molecule has 0 spiro atoms. The van der Waals surface area contributed by atoms with Gasteiger partial charge in [0.15, 0.2) is 0 Å². The van der Waals surface area contributed by atoms with Crippen molar-refractivity contribution in [2.75, 3.05) is 13.2 Å². The Morgan fingerprint density at radius 1 is 0.568 bits per heavy atom. The average molecular weight is 621 g/mol. The first-order chi connectivity index (χ1) is 21.5. The predicted octanol–water partition coefficient (Wildman–Crippen LogP) is 9.87. The third-order valence-electron chi connectivity index (χ3n) is 7.72. The van der Waals surface area contributed by atoms with E-state index in [0.29, 0.717) is 19.3 Å². The SMILES string of the molecule is CC/C=C/CC(O)/C=C/C=C/CCCCCCCC(=O)OC[C@H](O)COC(=O)CCCCCCCCCCCCCCCC. The number of allylic oxidation sites excluding steroid dienone is 4. The van der Waals surface area contributed by atoms with Crippen LogP contribution < -0.4 is 0 Å². The number of carbonyl (C=O) groups excluding carboxylic acids is 2. The Hall–Kier alpha value is -1.92. The van der Waals surface area contributed by atoms with Crippen LogP contribution in [0.3, 0.4) is 0 Å². The quantitative estimate of drug-likeness (QED) is 0.0336. The second-order valence-electron chi connectivity index (χ2n) is 12.2. The van der Waals surface area contributed by atoms with Crippen molar-refractivity contribution in [1.29, 1.82) is 0 Å². The van der Waals surface area contributed by atoms with Gasteiger partial charge in [0.25, 0.3) is 0 Å². The second-order valence-corrected chi connectivity index (χ2v) is 12.2. The van der Waals surface area contributed by atoms with Crippen LogP contribution in [0.1, 0.15) is 168 Å². The molecular formula is C38H68O6. The fourth-order valence-electron chi connectivity index (χ4n) is 4.94. The topological polar surface area (TPSA) is 93.1 Å². The van der Waals surface area contributed by atoms with Crippen LogP contribution in [0.4, 0.5) is 0 Å². The molecule has 0 radical (unpaired) electrons. The van der Waals surface area contributed by atoms with Crippen molar-refractivity contribution in [3.63, 3.8) is 0 Å². The molecular weight excluding hydrogens is 552 g/mol. The molecule has 0 saturated carbocycles. The number of esters is 2. The lowest BCUT2D eigenvalue weighted by Crippen LogP contribution is -2.25. The van der Waals surface area contributed by atoms with E-state index in [1.165, 1.54) is 70.6 Å². The minimum atomic E-state index is -0.983. The van der Waals surface area contributed by atoms with Crippen LogP contribution in [-0.2, 0) is 19.1 Å². The molecule has 0 saturated heterocycles. The molecule has 0 amide bonds. The van der Waals surface area contributed by atoms with Crippen molar-refractivity contribution in [1.82, 2.24) is 0 Å². The Bertz CT molecular complexity index is 729. The standard InChI is InChI=1S/C38H68O6/c1-3-5-7-8-9-10-11-12-13-14-17-20-23-27-31-37(41)43-33-36(40)34-44-38(42)32-28-24-21-18-15-16-19-22-26-30-35(39)29-25-6-4-2/h6,19,22,25-26,30,35-36,39-40H,3-5,7-18,20-21,23-24,27-29,31-34H2,1-2H3/b22-19+,25-6+,30-26+/t35?,36-/m1/s1. The molecule has 0 aromatic carbocycles. The van der Waals surface area contributed by atoms with Crippen molar-refractivity contribution >= 4 is 11.9 Å². The van der Waals surface area contributed by atoms with E-state index < -0.39 is 12.2 Å². The van der Waals surface area contributed by atoms with Crippen molar-refractivity contribution < 1.29 is 29.3 Å². The van der Waals surface area contributed by atoms with Crippen LogP contribution in [0.5, 0.6) is 0 Å². The highest BCUT2D eigenvalue weighted by molar-refractivity contribution is 5.69. The molecule has 0 aromatic heterocycles. The zero-order valence-corrected chi connectivity index (χ0v) is 28.5. The zero-order valence-electron chi connectivity index (χ0n) is 28.5. The lowest BCUT2D eigenvalue weighted by Gasteiger charge is -2.12. The molecule has 2 atom stereocenters. The fraction of sp³-hybridized carbons (Fsp3) is 0.789. The average Bonchev–Trinajstić information content (AvgIpc) is 3.01.